The number of nitrogens with two attached hydrogens (primary N) is 1. The molecule has 0 aromatic carbocycles. The first kappa shape index (κ1) is 14.6. The molecular formula is C9H14F6N2. The van der Waals surface area contributed by atoms with Crippen molar-refractivity contribution in [3.63, 3.8) is 0 Å². The van der Waals surface area contributed by atoms with E-state index >= 15 is 0 Å². The highest BCUT2D eigenvalue weighted by Crippen LogP contribution is 2.37. The molecule has 8 heteroatoms. The molecule has 0 aliphatic heterocycles. The Morgan fingerprint density at radius 2 is 1.65 bits per heavy atom. The Hall–Kier alpha value is -0.500. The summed E-state index contributed by atoms with van der Waals surface area (Å²) in [6, 6.07) is -4.29. The maximum absolute atomic E-state index is 12.7. The van der Waals surface area contributed by atoms with Crippen molar-refractivity contribution in [2.45, 2.75) is 50.2 Å². The minimum Gasteiger partial charge on any atom is -0.326 e. The van der Waals surface area contributed by atoms with Crippen molar-refractivity contribution >= 4 is 0 Å². The standard InChI is InChI=1S/C9H14F6N2/c1-5(16)7(9(13,14)15)17(6-2-3-6)4-8(10,11)12/h5-7H,2-4,16H2,1H3. The molecule has 2 atom stereocenters. The van der Waals surface area contributed by atoms with Crippen molar-refractivity contribution in [2.75, 3.05) is 6.54 Å². The van der Waals surface area contributed by atoms with Gasteiger partial charge in [0.25, 0.3) is 0 Å². The van der Waals surface area contributed by atoms with E-state index in [0.717, 1.165) is 6.92 Å². The minimum absolute atomic E-state index is 0.357. The molecule has 17 heavy (non-hydrogen) atoms. The van der Waals surface area contributed by atoms with Gasteiger partial charge in [-0.3, -0.25) is 4.90 Å². The Kier molecular flexibility index (Phi) is 3.97. The number of alkyl halides is 6. The summed E-state index contributed by atoms with van der Waals surface area (Å²) in [5.41, 5.74) is 5.18. The van der Waals surface area contributed by atoms with Crippen LogP contribution in [0, 0.1) is 0 Å². The zero-order valence-electron chi connectivity index (χ0n) is 9.15. The summed E-state index contributed by atoms with van der Waals surface area (Å²) < 4.78 is 74.9. The molecule has 0 bridgehead atoms. The highest BCUT2D eigenvalue weighted by Gasteiger charge is 2.52. The number of hydrogen-bond donors (Lipinski definition) is 1. The lowest BCUT2D eigenvalue weighted by Gasteiger charge is -2.35. The number of nitrogens with zero attached hydrogens (tertiary/aromatic N) is 1. The van der Waals surface area contributed by atoms with Gasteiger partial charge in [-0.25, -0.2) is 0 Å². The average molecular weight is 264 g/mol. The van der Waals surface area contributed by atoms with Gasteiger partial charge in [-0.15, -0.1) is 0 Å². The molecular weight excluding hydrogens is 250 g/mol. The first-order valence-corrected chi connectivity index (χ1v) is 5.17. The van der Waals surface area contributed by atoms with Crippen molar-refractivity contribution in [2.24, 2.45) is 5.73 Å². The van der Waals surface area contributed by atoms with E-state index in [-0.39, 0.29) is 0 Å². The molecule has 1 fully saturated rings. The van der Waals surface area contributed by atoms with Crippen LogP contribution in [0.1, 0.15) is 19.8 Å². The van der Waals surface area contributed by atoms with E-state index in [1.54, 1.807) is 0 Å². The summed E-state index contributed by atoms with van der Waals surface area (Å²) in [7, 11) is 0. The minimum atomic E-state index is -4.75. The van der Waals surface area contributed by atoms with E-state index in [2.05, 4.69) is 0 Å². The summed E-state index contributed by atoms with van der Waals surface area (Å²) in [6.07, 6.45) is -8.69. The summed E-state index contributed by atoms with van der Waals surface area (Å²) in [4.78, 5) is 0.435. The predicted molar refractivity (Wildman–Crippen MR) is 49.3 cm³/mol. The molecule has 0 radical (unpaired) electrons. The lowest BCUT2D eigenvalue weighted by atomic mass is 10.1. The summed E-state index contributed by atoms with van der Waals surface area (Å²) in [5, 5.41) is 0. The van der Waals surface area contributed by atoms with E-state index < -0.39 is 37.0 Å². The Labute approximate surface area is 94.7 Å². The van der Waals surface area contributed by atoms with E-state index in [4.69, 9.17) is 5.73 Å². The van der Waals surface area contributed by atoms with Gasteiger partial charge in [0.2, 0.25) is 0 Å². The third-order valence-electron chi connectivity index (χ3n) is 2.57. The molecule has 1 rings (SSSR count). The zero-order valence-corrected chi connectivity index (χ0v) is 9.15. The molecule has 1 aliphatic carbocycles. The second kappa shape index (κ2) is 4.64. The molecule has 2 unspecified atom stereocenters. The van der Waals surface area contributed by atoms with Gasteiger partial charge in [-0.1, -0.05) is 0 Å². The quantitative estimate of drug-likeness (QED) is 0.789. The predicted octanol–water partition coefficient (Wildman–Crippen LogP) is 2.29. The number of halogens is 6. The van der Waals surface area contributed by atoms with Gasteiger partial charge in [0.15, 0.2) is 0 Å². The monoisotopic (exact) mass is 264 g/mol. The smallest absolute Gasteiger partial charge is 0.326 e. The molecule has 102 valence electrons. The van der Waals surface area contributed by atoms with Crippen LogP contribution in [0.3, 0.4) is 0 Å². The molecule has 0 aromatic heterocycles. The fraction of sp³-hybridized carbons (Fsp3) is 1.00. The molecule has 2 nitrogen and oxygen atoms in total. The van der Waals surface area contributed by atoms with Crippen molar-refractivity contribution in [1.29, 1.82) is 0 Å². The Bertz CT molecular complexity index is 255. The Morgan fingerprint density at radius 3 is 1.88 bits per heavy atom. The number of hydrogen-bond acceptors (Lipinski definition) is 2. The lowest BCUT2D eigenvalue weighted by molar-refractivity contribution is -0.214. The first-order chi connectivity index (χ1) is 7.52. The molecule has 0 aromatic rings. The van der Waals surface area contributed by atoms with Gasteiger partial charge in [-0.05, 0) is 19.8 Å². The summed E-state index contributed by atoms with van der Waals surface area (Å²) >= 11 is 0. The molecule has 0 spiro atoms. The molecule has 2 N–H and O–H groups in total. The number of rotatable bonds is 4. The van der Waals surface area contributed by atoms with Gasteiger partial charge in [-0.2, -0.15) is 26.3 Å². The largest absolute Gasteiger partial charge is 0.405 e. The van der Waals surface area contributed by atoms with Crippen molar-refractivity contribution in [3.8, 4) is 0 Å². The van der Waals surface area contributed by atoms with Crippen LogP contribution in [0.2, 0.25) is 0 Å². The lowest BCUT2D eigenvalue weighted by Crippen LogP contribution is -2.57. The van der Waals surface area contributed by atoms with Crippen LogP contribution in [0.4, 0.5) is 26.3 Å². The summed E-state index contributed by atoms with van der Waals surface area (Å²) in [6.45, 7) is -0.493. The van der Waals surface area contributed by atoms with E-state index in [1.807, 2.05) is 0 Å². The molecule has 1 saturated carbocycles. The average Bonchev–Trinajstić information content (AvgIpc) is 2.76. The molecule has 0 amide bonds. The molecule has 1 aliphatic rings. The van der Waals surface area contributed by atoms with Crippen LogP contribution in [-0.2, 0) is 0 Å². The van der Waals surface area contributed by atoms with Gasteiger partial charge in [0.05, 0.1) is 6.54 Å². The second-order valence-electron chi connectivity index (χ2n) is 4.36. The van der Waals surface area contributed by atoms with Crippen molar-refractivity contribution < 1.29 is 26.3 Å². The van der Waals surface area contributed by atoms with Gasteiger partial charge in [0, 0.05) is 12.1 Å². The highest BCUT2D eigenvalue weighted by atomic mass is 19.4. The maximum atomic E-state index is 12.7. The molecule has 0 heterocycles. The van der Waals surface area contributed by atoms with E-state index in [9.17, 15) is 26.3 Å². The highest BCUT2D eigenvalue weighted by molar-refractivity contribution is 4.95. The van der Waals surface area contributed by atoms with Gasteiger partial charge in [0.1, 0.15) is 6.04 Å². The van der Waals surface area contributed by atoms with Gasteiger partial charge >= 0.3 is 12.4 Å². The zero-order chi connectivity index (χ0) is 13.4. The fourth-order valence-corrected chi connectivity index (χ4v) is 1.86. The topological polar surface area (TPSA) is 29.3 Å². The fourth-order valence-electron chi connectivity index (χ4n) is 1.86. The van der Waals surface area contributed by atoms with Crippen LogP contribution < -0.4 is 5.73 Å². The van der Waals surface area contributed by atoms with Crippen LogP contribution in [0.25, 0.3) is 0 Å². The first-order valence-electron chi connectivity index (χ1n) is 5.17. The summed E-state index contributed by atoms with van der Waals surface area (Å²) in [5.74, 6) is 0. The Balaban J connectivity index is 2.86. The Morgan fingerprint density at radius 1 is 1.18 bits per heavy atom. The van der Waals surface area contributed by atoms with Crippen LogP contribution >= 0.6 is 0 Å². The normalized spacial score (nSPS) is 21.7. The van der Waals surface area contributed by atoms with Gasteiger partial charge < -0.3 is 5.73 Å². The second-order valence-corrected chi connectivity index (χ2v) is 4.36. The van der Waals surface area contributed by atoms with Crippen molar-refractivity contribution in [1.82, 2.24) is 4.90 Å². The SMILES string of the molecule is CC(N)C(N(CC(F)(F)F)C1CC1)C(F)(F)F. The van der Waals surface area contributed by atoms with E-state index in [1.165, 1.54) is 0 Å². The van der Waals surface area contributed by atoms with Crippen LogP contribution in [0.15, 0.2) is 0 Å². The maximum Gasteiger partial charge on any atom is 0.405 e. The van der Waals surface area contributed by atoms with Crippen molar-refractivity contribution in [3.05, 3.63) is 0 Å². The van der Waals surface area contributed by atoms with Crippen LogP contribution in [0.5, 0.6) is 0 Å². The molecule has 0 saturated heterocycles. The third kappa shape index (κ3) is 4.34. The van der Waals surface area contributed by atoms with E-state index in [0.29, 0.717) is 17.7 Å². The van der Waals surface area contributed by atoms with Crippen LogP contribution in [-0.4, -0.2) is 41.9 Å². The third-order valence-corrected chi connectivity index (χ3v) is 2.57.